The average molecular weight is 368 g/mol. The number of rotatable bonds is 3. The molecule has 1 atom stereocenters. The highest BCUT2D eigenvalue weighted by molar-refractivity contribution is 7.91. The van der Waals surface area contributed by atoms with Gasteiger partial charge in [0.15, 0.2) is 9.84 Å². The fourth-order valence-electron chi connectivity index (χ4n) is 3.41. The molecule has 0 radical (unpaired) electrons. The molecule has 128 valence electrons. The summed E-state index contributed by atoms with van der Waals surface area (Å²) in [6.07, 6.45) is 4.23. The minimum atomic E-state index is -3.03. The fourth-order valence-corrected chi connectivity index (χ4v) is 5.31. The number of carbonyl (C=O) groups is 1. The Balaban J connectivity index is 1.62. The van der Waals surface area contributed by atoms with Gasteiger partial charge in [0, 0.05) is 22.7 Å². The Morgan fingerprint density at radius 1 is 1.21 bits per heavy atom. The molecule has 2 aliphatic heterocycles. The van der Waals surface area contributed by atoms with E-state index in [1.807, 2.05) is 6.08 Å². The van der Waals surface area contributed by atoms with Gasteiger partial charge in [0.25, 0.3) is 5.91 Å². The molecule has 0 unspecified atom stereocenters. The molecule has 0 bridgehead atoms. The van der Waals surface area contributed by atoms with Gasteiger partial charge in [-0.15, -0.1) is 0 Å². The van der Waals surface area contributed by atoms with Gasteiger partial charge in [-0.2, -0.15) is 0 Å². The van der Waals surface area contributed by atoms with Crippen molar-refractivity contribution in [2.45, 2.75) is 31.3 Å². The maximum atomic E-state index is 13.0. The maximum Gasteiger partial charge on any atom is 0.253 e. The molecular formula is C17H18ClNO4S. The predicted octanol–water partition coefficient (Wildman–Crippen LogP) is 2.29. The van der Waals surface area contributed by atoms with Crippen molar-refractivity contribution in [3.63, 3.8) is 0 Å². The molecule has 2 heterocycles. The molecular weight excluding hydrogens is 350 g/mol. The second kappa shape index (κ2) is 5.77. The Morgan fingerprint density at radius 2 is 2.00 bits per heavy atom. The summed E-state index contributed by atoms with van der Waals surface area (Å²) in [4.78, 5) is 14.8. The smallest absolute Gasteiger partial charge is 0.253 e. The number of carbonyl (C=O) groups excluding carboxylic acids is 1. The van der Waals surface area contributed by atoms with Crippen molar-refractivity contribution in [2.24, 2.45) is 0 Å². The van der Waals surface area contributed by atoms with Gasteiger partial charge < -0.3 is 9.64 Å². The molecule has 1 aromatic carbocycles. The Morgan fingerprint density at radius 3 is 2.67 bits per heavy atom. The third-order valence-corrected chi connectivity index (χ3v) is 6.72. The SMILES string of the molecule is O=C(C1=Cc2cc(Cl)ccc2OC1)N(C1CC1)[C@@H]1CCS(=O)(=O)C1. The van der Waals surface area contributed by atoms with Crippen LogP contribution in [0.25, 0.3) is 6.08 Å². The summed E-state index contributed by atoms with van der Waals surface area (Å²) in [5.41, 5.74) is 1.34. The quantitative estimate of drug-likeness (QED) is 0.822. The van der Waals surface area contributed by atoms with Gasteiger partial charge in [0.05, 0.1) is 17.1 Å². The van der Waals surface area contributed by atoms with Crippen molar-refractivity contribution in [2.75, 3.05) is 18.1 Å². The first kappa shape index (κ1) is 16.0. The number of nitrogens with zero attached hydrogens (tertiary/aromatic N) is 1. The summed E-state index contributed by atoms with van der Waals surface area (Å²) in [6.45, 7) is 0.205. The molecule has 3 aliphatic rings. The van der Waals surface area contributed by atoms with E-state index in [1.54, 1.807) is 23.1 Å². The summed E-state index contributed by atoms with van der Waals surface area (Å²) in [6, 6.07) is 5.26. The highest BCUT2D eigenvalue weighted by atomic mass is 35.5. The number of hydrogen-bond donors (Lipinski definition) is 0. The normalized spacial score (nSPS) is 24.7. The number of fused-ring (bicyclic) bond motifs is 1. The van der Waals surface area contributed by atoms with Crippen molar-refractivity contribution >= 4 is 33.4 Å². The number of hydrogen-bond acceptors (Lipinski definition) is 4. The lowest BCUT2D eigenvalue weighted by molar-refractivity contribution is -0.129. The lowest BCUT2D eigenvalue weighted by atomic mass is 10.1. The van der Waals surface area contributed by atoms with Crippen LogP contribution < -0.4 is 4.74 Å². The van der Waals surface area contributed by atoms with E-state index in [0.29, 0.717) is 22.8 Å². The summed E-state index contributed by atoms with van der Waals surface area (Å²) in [5.74, 6) is 0.844. The third-order valence-electron chi connectivity index (χ3n) is 4.74. The van der Waals surface area contributed by atoms with Gasteiger partial charge in [-0.1, -0.05) is 11.6 Å². The maximum absolute atomic E-state index is 13.0. The van der Waals surface area contributed by atoms with Gasteiger partial charge in [-0.05, 0) is 43.5 Å². The molecule has 4 rings (SSSR count). The van der Waals surface area contributed by atoms with Crippen molar-refractivity contribution < 1.29 is 17.9 Å². The zero-order valence-corrected chi connectivity index (χ0v) is 14.6. The summed E-state index contributed by atoms with van der Waals surface area (Å²) in [5, 5.41) is 0.586. The number of halogens is 1. The summed E-state index contributed by atoms with van der Waals surface area (Å²) >= 11 is 6.02. The summed E-state index contributed by atoms with van der Waals surface area (Å²) in [7, 11) is -3.03. The number of sulfone groups is 1. The van der Waals surface area contributed by atoms with Crippen molar-refractivity contribution in [3.8, 4) is 5.75 Å². The van der Waals surface area contributed by atoms with Crippen LogP contribution in [0.2, 0.25) is 5.02 Å². The molecule has 5 nitrogen and oxygen atoms in total. The van der Waals surface area contributed by atoms with E-state index in [2.05, 4.69) is 0 Å². The molecule has 1 saturated heterocycles. The topological polar surface area (TPSA) is 63.7 Å². The van der Waals surface area contributed by atoms with Crippen molar-refractivity contribution in [1.82, 2.24) is 4.90 Å². The Hall–Kier alpha value is -1.53. The van der Waals surface area contributed by atoms with E-state index >= 15 is 0 Å². The molecule has 0 spiro atoms. The van der Waals surface area contributed by atoms with E-state index in [-0.39, 0.29) is 36.1 Å². The average Bonchev–Trinajstić information content (AvgIpc) is 3.30. The molecule has 0 aromatic heterocycles. The molecule has 1 saturated carbocycles. The lowest BCUT2D eigenvalue weighted by Crippen LogP contribution is -2.44. The van der Waals surface area contributed by atoms with Crippen LogP contribution in [0.5, 0.6) is 5.75 Å². The van der Waals surface area contributed by atoms with Crippen molar-refractivity contribution in [3.05, 3.63) is 34.4 Å². The van der Waals surface area contributed by atoms with E-state index in [4.69, 9.17) is 16.3 Å². The second-order valence-electron chi connectivity index (χ2n) is 6.64. The molecule has 2 fully saturated rings. The first-order valence-corrected chi connectivity index (χ1v) is 10.3. The predicted molar refractivity (Wildman–Crippen MR) is 91.9 cm³/mol. The number of benzene rings is 1. The van der Waals surface area contributed by atoms with Crippen LogP contribution in [0, 0.1) is 0 Å². The van der Waals surface area contributed by atoms with E-state index in [1.165, 1.54) is 0 Å². The highest BCUT2D eigenvalue weighted by Crippen LogP contribution is 2.35. The van der Waals surface area contributed by atoms with E-state index in [0.717, 1.165) is 18.4 Å². The van der Waals surface area contributed by atoms with Crippen LogP contribution in [0.4, 0.5) is 0 Å². The zero-order chi connectivity index (χ0) is 16.9. The van der Waals surface area contributed by atoms with Crippen molar-refractivity contribution in [1.29, 1.82) is 0 Å². The molecule has 7 heteroatoms. The lowest BCUT2D eigenvalue weighted by Gasteiger charge is -2.30. The monoisotopic (exact) mass is 367 g/mol. The van der Waals surface area contributed by atoms with Crippen LogP contribution in [-0.4, -0.2) is 49.4 Å². The van der Waals surface area contributed by atoms with Crippen LogP contribution in [0.15, 0.2) is 23.8 Å². The number of amides is 1. The van der Waals surface area contributed by atoms with Gasteiger partial charge in [-0.25, -0.2) is 8.42 Å². The van der Waals surface area contributed by atoms with Gasteiger partial charge in [0.2, 0.25) is 0 Å². The standard InChI is InChI=1S/C17H18ClNO4S/c18-13-1-4-16-11(8-13)7-12(9-23-16)17(20)19(14-2-3-14)15-5-6-24(21,22)10-15/h1,4,7-8,14-15H,2-3,5-6,9-10H2/t15-/m1/s1. The third kappa shape index (κ3) is 3.05. The second-order valence-corrected chi connectivity index (χ2v) is 9.31. The van der Waals surface area contributed by atoms with Gasteiger partial charge >= 0.3 is 0 Å². The first-order valence-electron chi connectivity index (χ1n) is 8.09. The first-order chi connectivity index (χ1) is 11.4. The Kier molecular flexibility index (Phi) is 3.84. The number of ether oxygens (including phenoxy) is 1. The fraction of sp³-hybridized carbons (Fsp3) is 0.471. The highest BCUT2D eigenvalue weighted by Gasteiger charge is 2.43. The molecule has 1 aliphatic carbocycles. The van der Waals surface area contributed by atoms with Crippen LogP contribution in [0.1, 0.15) is 24.8 Å². The van der Waals surface area contributed by atoms with Crippen LogP contribution in [0.3, 0.4) is 0 Å². The largest absolute Gasteiger partial charge is 0.488 e. The minimum Gasteiger partial charge on any atom is -0.488 e. The molecule has 1 aromatic rings. The van der Waals surface area contributed by atoms with E-state index in [9.17, 15) is 13.2 Å². The zero-order valence-electron chi connectivity index (χ0n) is 13.1. The van der Waals surface area contributed by atoms with Gasteiger partial charge in [-0.3, -0.25) is 4.79 Å². The van der Waals surface area contributed by atoms with E-state index < -0.39 is 9.84 Å². The van der Waals surface area contributed by atoms with Crippen LogP contribution in [-0.2, 0) is 14.6 Å². The Labute approximate surface area is 146 Å². The molecule has 24 heavy (non-hydrogen) atoms. The summed E-state index contributed by atoms with van der Waals surface area (Å²) < 4.78 is 29.3. The van der Waals surface area contributed by atoms with Crippen LogP contribution >= 0.6 is 11.6 Å². The minimum absolute atomic E-state index is 0.0752. The molecule has 0 N–H and O–H groups in total. The molecule has 1 amide bonds. The Bertz CT molecular complexity index is 829. The van der Waals surface area contributed by atoms with Gasteiger partial charge in [0.1, 0.15) is 12.4 Å².